The molecule has 0 bridgehead atoms. The van der Waals surface area contributed by atoms with Crippen molar-refractivity contribution in [3.63, 3.8) is 0 Å². The van der Waals surface area contributed by atoms with Crippen molar-refractivity contribution in [2.45, 2.75) is 24.2 Å². The number of hydrogen-bond donors (Lipinski definition) is 2. The van der Waals surface area contributed by atoms with E-state index in [2.05, 4.69) is 10.3 Å². The number of nitrogens with zero attached hydrogens (tertiary/aromatic N) is 2. The smallest absolute Gasteiger partial charge is 0.449 e. The lowest BCUT2D eigenvalue weighted by molar-refractivity contribution is -0.146. The summed E-state index contributed by atoms with van der Waals surface area (Å²) in [5.41, 5.74) is 1.39. The molecule has 0 saturated carbocycles. The van der Waals surface area contributed by atoms with E-state index in [0.29, 0.717) is 22.6 Å². The van der Waals surface area contributed by atoms with E-state index in [0.717, 1.165) is 4.57 Å². The van der Waals surface area contributed by atoms with Crippen LogP contribution in [0.5, 0.6) is 11.5 Å². The molecule has 0 spiro atoms. The number of fused-ring (bicyclic) bond motifs is 1. The number of ether oxygens (including phenoxy) is 2. The van der Waals surface area contributed by atoms with Crippen LogP contribution < -0.4 is 14.8 Å². The molecule has 0 aliphatic rings. The lowest BCUT2D eigenvalue weighted by atomic mass is 10.1. The lowest BCUT2D eigenvalue weighted by Gasteiger charge is -2.13. The van der Waals surface area contributed by atoms with E-state index in [-0.39, 0.29) is 34.6 Å². The Bertz CT molecular complexity index is 1610. The molecule has 9 nitrogen and oxygen atoms in total. The number of methoxy groups -OCH3 is 2. The van der Waals surface area contributed by atoms with Gasteiger partial charge in [-0.3, -0.25) is 4.79 Å². The van der Waals surface area contributed by atoms with Crippen molar-refractivity contribution >= 4 is 26.8 Å². The highest BCUT2D eigenvalue weighted by molar-refractivity contribution is 7.91. The average Bonchev–Trinajstić information content (AvgIpc) is 3.29. The molecule has 0 unspecified atom stereocenters. The van der Waals surface area contributed by atoms with Crippen LogP contribution >= 0.6 is 0 Å². The summed E-state index contributed by atoms with van der Waals surface area (Å²) in [5.74, 6) is -1.21. The van der Waals surface area contributed by atoms with Crippen LogP contribution in [0.3, 0.4) is 0 Å². The number of carbonyl (C=O) groups excluding carboxylic acids is 1. The highest BCUT2D eigenvalue weighted by Crippen LogP contribution is 2.33. The second kappa shape index (κ2) is 11.6. The molecule has 0 aliphatic carbocycles. The van der Waals surface area contributed by atoms with Crippen molar-refractivity contribution in [1.29, 1.82) is 0 Å². The second-order valence-electron chi connectivity index (χ2n) is 8.81. The summed E-state index contributed by atoms with van der Waals surface area (Å²) in [4.78, 5) is 16.6. The van der Waals surface area contributed by atoms with Gasteiger partial charge >= 0.3 is 6.18 Å². The normalized spacial score (nSPS) is 11.9. The molecule has 0 saturated heterocycles. The third kappa shape index (κ3) is 6.37. The van der Waals surface area contributed by atoms with Gasteiger partial charge in [-0.2, -0.15) is 13.2 Å². The van der Waals surface area contributed by atoms with Gasteiger partial charge in [0.15, 0.2) is 9.84 Å². The Hall–Kier alpha value is -4.10. The standard InChI is InChI=1S/C27H26F3N3O6S/c1-38-20-11-18(12-21(14-20)39-2)16-33-24-8-5-19(13-23(24)32-26(33)27(28,29)30)25(35)31-15-17-3-6-22(7-4-17)40(36,37)10-9-34/h3-8,11-14,34H,9-10,15-16H2,1-2H3,(H,31,35). The number of hydrogen-bond acceptors (Lipinski definition) is 7. The zero-order chi connectivity index (χ0) is 29.1. The van der Waals surface area contributed by atoms with Gasteiger partial charge in [0.2, 0.25) is 5.82 Å². The van der Waals surface area contributed by atoms with Crippen molar-refractivity contribution in [3.8, 4) is 11.5 Å². The number of rotatable bonds is 10. The number of halogens is 3. The molecule has 13 heteroatoms. The number of sulfone groups is 1. The fraction of sp³-hybridized carbons (Fsp3) is 0.259. The predicted molar refractivity (Wildman–Crippen MR) is 140 cm³/mol. The molecule has 0 radical (unpaired) electrons. The zero-order valence-electron chi connectivity index (χ0n) is 21.5. The first kappa shape index (κ1) is 28.9. The number of nitrogens with one attached hydrogen (secondary N) is 1. The first-order valence-corrected chi connectivity index (χ1v) is 13.6. The summed E-state index contributed by atoms with van der Waals surface area (Å²) in [6, 6.07) is 14.7. The van der Waals surface area contributed by atoms with Crippen LogP contribution in [0.25, 0.3) is 11.0 Å². The Morgan fingerprint density at radius 3 is 2.20 bits per heavy atom. The third-order valence-electron chi connectivity index (χ3n) is 6.11. The maximum absolute atomic E-state index is 13.9. The summed E-state index contributed by atoms with van der Waals surface area (Å²) >= 11 is 0. The van der Waals surface area contributed by atoms with Gasteiger partial charge in [0, 0.05) is 24.7 Å². The second-order valence-corrected chi connectivity index (χ2v) is 10.9. The van der Waals surface area contributed by atoms with Crippen LogP contribution in [-0.4, -0.2) is 55.6 Å². The number of amides is 1. The maximum atomic E-state index is 13.9. The van der Waals surface area contributed by atoms with Crippen LogP contribution in [-0.2, 0) is 29.1 Å². The molecule has 3 aromatic carbocycles. The van der Waals surface area contributed by atoms with Crippen molar-refractivity contribution < 1.29 is 41.0 Å². The Morgan fingerprint density at radius 1 is 0.975 bits per heavy atom. The molecule has 1 heterocycles. The molecule has 2 N–H and O–H groups in total. The van der Waals surface area contributed by atoms with Crippen LogP contribution in [0.1, 0.15) is 27.3 Å². The topological polar surface area (TPSA) is 120 Å². The van der Waals surface area contributed by atoms with E-state index in [1.807, 2.05) is 0 Å². The molecular weight excluding hydrogens is 551 g/mol. The zero-order valence-corrected chi connectivity index (χ0v) is 22.3. The van der Waals surface area contributed by atoms with Gasteiger partial charge in [-0.15, -0.1) is 0 Å². The number of benzene rings is 3. The van der Waals surface area contributed by atoms with E-state index in [4.69, 9.17) is 14.6 Å². The van der Waals surface area contributed by atoms with E-state index in [1.54, 1.807) is 18.2 Å². The van der Waals surface area contributed by atoms with Crippen molar-refractivity contribution in [3.05, 3.63) is 83.2 Å². The summed E-state index contributed by atoms with van der Waals surface area (Å²) in [6.07, 6.45) is -4.75. The van der Waals surface area contributed by atoms with Crippen LogP contribution in [0, 0.1) is 0 Å². The Labute approximate surface area is 228 Å². The molecule has 1 amide bonds. The molecule has 4 aromatic rings. The fourth-order valence-electron chi connectivity index (χ4n) is 4.12. The van der Waals surface area contributed by atoms with Crippen LogP contribution in [0.15, 0.2) is 65.6 Å². The van der Waals surface area contributed by atoms with Gasteiger partial charge in [-0.1, -0.05) is 12.1 Å². The molecule has 0 atom stereocenters. The monoisotopic (exact) mass is 577 g/mol. The van der Waals surface area contributed by atoms with E-state index in [1.165, 1.54) is 56.7 Å². The van der Waals surface area contributed by atoms with Crippen LogP contribution in [0.2, 0.25) is 0 Å². The summed E-state index contributed by atoms with van der Waals surface area (Å²) in [5, 5.41) is 11.6. The number of carbonyl (C=O) groups is 1. The van der Waals surface area contributed by atoms with Crippen molar-refractivity contribution in [2.75, 3.05) is 26.6 Å². The van der Waals surface area contributed by atoms with Crippen molar-refractivity contribution in [1.82, 2.24) is 14.9 Å². The Balaban J connectivity index is 1.57. The first-order valence-electron chi connectivity index (χ1n) is 12.0. The van der Waals surface area contributed by atoms with Crippen LogP contribution in [0.4, 0.5) is 13.2 Å². The summed E-state index contributed by atoms with van der Waals surface area (Å²) in [6.45, 7) is -0.617. The molecule has 0 fully saturated rings. The van der Waals surface area contributed by atoms with E-state index >= 15 is 0 Å². The predicted octanol–water partition coefficient (Wildman–Crippen LogP) is 3.82. The largest absolute Gasteiger partial charge is 0.497 e. The summed E-state index contributed by atoms with van der Waals surface area (Å²) in [7, 11) is -0.716. The summed E-state index contributed by atoms with van der Waals surface area (Å²) < 4.78 is 77.3. The molecule has 1 aromatic heterocycles. The SMILES string of the molecule is COc1cc(Cn2c(C(F)(F)F)nc3cc(C(=O)NCc4ccc(S(=O)(=O)CCO)cc4)ccc32)cc(OC)c1. The third-order valence-corrected chi connectivity index (χ3v) is 7.82. The number of alkyl halides is 3. The minimum atomic E-state index is -4.75. The average molecular weight is 578 g/mol. The lowest BCUT2D eigenvalue weighted by Crippen LogP contribution is -2.22. The number of imidazole rings is 1. The number of aromatic nitrogens is 2. The van der Waals surface area contributed by atoms with Gasteiger partial charge < -0.3 is 24.5 Å². The maximum Gasteiger partial charge on any atom is 0.449 e. The van der Waals surface area contributed by atoms with Crippen molar-refractivity contribution in [2.24, 2.45) is 0 Å². The van der Waals surface area contributed by atoms with Gasteiger partial charge in [0.05, 0.1) is 42.5 Å². The molecule has 212 valence electrons. The van der Waals surface area contributed by atoms with E-state index in [9.17, 15) is 26.4 Å². The fourth-order valence-corrected chi connectivity index (χ4v) is 5.15. The first-order chi connectivity index (χ1) is 18.9. The highest BCUT2D eigenvalue weighted by Gasteiger charge is 2.37. The number of aliphatic hydroxyl groups is 1. The van der Waals surface area contributed by atoms with Gasteiger partial charge in [0.25, 0.3) is 5.91 Å². The van der Waals surface area contributed by atoms with Gasteiger partial charge in [-0.05, 0) is 53.6 Å². The molecule has 0 aliphatic heterocycles. The Morgan fingerprint density at radius 2 is 1.62 bits per heavy atom. The molecule has 40 heavy (non-hydrogen) atoms. The number of aliphatic hydroxyl groups excluding tert-OH is 1. The highest BCUT2D eigenvalue weighted by atomic mass is 32.2. The Kier molecular flexibility index (Phi) is 8.35. The molecular formula is C27H26F3N3O6S. The quantitative estimate of drug-likeness (QED) is 0.294. The van der Waals surface area contributed by atoms with Gasteiger partial charge in [0.1, 0.15) is 11.5 Å². The van der Waals surface area contributed by atoms with E-state index < -0.39 is 40.1 Å². The molecule has 4 rings (SSSR count). The minimum absolute atomic E-state index is 0.00622. The van der Waals surface area contributed by atoms with Gasteiger partial charge in [-0.25, -0.2) is 13.4 Å². The minimum Gasteiger partial charge on any atom is -0.497 e.